The van der Waals surface area contributed by atoms with Crippen LogP contribution in [0.5, 0.6) is 0 Å². The van der Waals surface area contributed by atoms with Crippen LogP contribution in [-0.2, 0) is 0 Å². The van der Waals surface area contributed by atoms with Crippen molar-refractivity contribution in [2.75, 3.05) is 0 Å². The van der Waals surface area contributed by atoms with E-state index in [1.54, 1.807) is 0 Å². The molecule has 3 heteroatoms. The molecule has 3 nitrogen and oxygen atoms in total. The average Bonchev–Trinajstić information content (AvgIpc) is 2.32. The first-order chi connectivity index (χ1) is 5.95. The van der Waals surface area contributed by atoms with Gasteiger partial charge in [0.15, 0.2) is 0 Å². The van der Waals surface area contributed by atoms with Gasteiger partial charge in [-0.2, -0.15) is 0 Å². The van der Waals surface area contributed by atoms with E-state index in [-0.39, 0.29) is 16.9 Å². The molecule has 2 aliphatic rings. The molecule has 2 bridgehead atoms. The summed E-state index contributed by atoms with van der Waals surface area (Å²) in [6.07, 6.45) is 2.28. The van der Waals surface area contributed by atoms with Crippen molar-refractivity contribution in [3.05, 3.63) is 0 Å². The zero-order valence-electron chi connectivity index (χ0n) is 8.54. The van der Waals surface area contributed by atoms with Crippen LogP contribution in [0.25, 0.3) is 0 Å². The van der Waals surface area contributed by atoms with Crippen LogP contribution in [0.3, 0.4) is 0 Å². The lowest BCUT2D eigenvalue weighted by atomic mass is 9.70. The number of oxime groups is 1. The Labute approximate surface area is 79.0 Å². The maximum Gasteiger partial charge on any atom is 0.0804 e. The first kappa shape index (κ1) is 9.00. The molecule has 2 fully saturated rings. The minimum atomic E-state index is -0.0289. The Balaban J connectivity index is 2.52. The van der Waals surface area contributed by atoms with Crippen LogP contribution in [0.1, 0.15) is 33.6 Å². The van der Waals surface area contributed by atoms with Crippen molar-refractivity contribution in [1.82, 2.24) is 0 Å². The molecule has 0 saturated heterocycles. The number of nitrogens with zero attached hydrogens (tertiary/aromatic N) is 1. The van der Waals surface area contributed by atoms with E-state index >= 15 is 0 Å². The highest BCUT2D eigenvalue weighted by molar-refractivity contribution is 5.98. The summed E-state index contributed by atoms with van der Waals surface area (Å²) in [6, 6.07) is -0.0289. The van der Waals surface area contributed by atoms with Crippen molar-refractivity contribution in [3.8, 4) is 0 Å². The fourth-order valence-electron chi connectivity index (χ4n) is 3.36. The van der Waals surface area contributed by atoms with Gasteiger partial charge >= 0.3 is 0 Å². The SMILES string of the molecule is CC1(C)[C@@H]2CC[C@]1(C)/C(=N\O)[C@@H]2N. The van der Waals surface area contributed by atoms with Crippen LogP contribution in [0.4, 0.5) is 0 Å². The second-order valence-electron chi connectivity index (χ2n) is 5.21. The third-order valence-corrected chi connectivity index (χ3v) is 4.73. The predicted molar refractivity (Wildman–Crippen MR) is 51.8 cm³/mol. The van der Waals surface area contributed by atoms with Gasteiger partial charge in [-0.15, -0.1) is 0 Å². The molecule has 2 saturated carbocycles. The van der Waals surface area contributed by atoms with Crippen molar-refractivity contribution in [3.63, 3.8) is 0 Å². The van der Waals surface area contributed by atoms with E-state index in [0.29, 0.717) is 5.92 Å². The van der Waals surface area contributed by atoms with E-state index in [9.17, 15) is 0 Å². The van der Waals surface area contributed by atoms with E-state index in [2.05, 4.69) is 25.9 Å². The summed E-state index contributed by atoms with van der Waals surface area (Å²) in [7, 11) is 0. The molecule has 0 radical (unpaired) electrons. The van der Waals surface area contributed by atoms with Gasteiger partial charge in [0.25, 0.3) is 0 Å². The fraction of sp³-hybridized carbons (Fsp3) is 0.900. The van der Waals surface area contributed by atoms with Crippen molar-refractivity contribution in [1.29, 1.82) is 0 Å². The smallest absolute Gasteiger partial charge is 0.0804 e. The summed E-state index contributed by atoms with van der Waals surface area (Å²) in [5.74, 6) is 0.489. The van der Waals surface area contributed by atoms with Gasteiger partial charge < -0.3 is 10.9 Å². The molecule has 3 atom stereocenters. The van der Waals surface area contributed by atoms with Gasteiger partial charge in [0, 0.05) is 5.41 Å². The van der Waals surface area contributed by atoms with Crippen LogP contribution in [0.15, 0.2) is 5.16 Å². The zero-order chi connectivity index (χ0) is 9.85. The summed E-state index contributed by atoms with van der Waals surface area (Å²) in [5.41, 5.74) is 7.07. The van der Waals surface area contributed by atoms with Gasteiger partial charge in [0.05, 0.1) is 11.8 Å². The largest absolute Gasteiger partial charge is 0.411 e. The molecule has 2 rings (SSSR count). The minimum absolute atomic E-state index is 0.0197. The second kappa shape index (κ2) is 2.27. The first-order valence-corrected chi connectivity index (χ1v) is 4.93. The molecular weight excluding hydrogens is 164 g/mol. The Morgan fingerprint density at radius 1 is 1.46 bits per heavy atom. The van der Waals surface area contributed by atoms with E-state index in [1.807, 2.05) is 0 Å². The third kappa shape index (κ3) is 0.766. The second-order valence-corrected chi connectivity index (χ2v) is 5.21. The molecule has 0 unspecified atom stereocenters. The topological polar surface area (TPSA) is 58.6 Å². The normalized spacial score (nSPS) is 50.3. The van der Waals surface area contributed by atoms with Crippen LogP contribution in [0, 0.1) is 16.7 Å². The third-order valence-electron chi connectivity index (χ3n) is 4.73. The molecule has 2 aliphatic carbocycles. The average molecular weight is 182 g/mol. The van der Waals surface area contributed by atoms with Gasteiger partial charge in [-0.25, -0.2) is 0 Å². The molecule has 0 heterocycles. The number of fused-ring (bicyclic) bond motifs is 2. The summed E-state index contributed by atoms with van der Waals surface area (Å²) in [4.78, 5) is 0. The lowest BCUT2D eigenvalue weighted by Crippen LogP contribution is -2.39. The first-order valence-electron chi connectivity index (χ1n) is 4.93. The number of hydrogen-bond donors (Lipinski definition) is 2. The number of hydrogen-bond acceptors (Lipinski definition) is 3. The molecule has 13 heavy (non-hydrogen) atoms. The van der Waals surface area contributed by atoms with E-state index in [1.165, 1.54) is 6.42 Å². The van der Waals surface area contributed by atoms with Crippen molar-refractivity contribution in [2.24, 2.45) is 27.6 Å². The Morgan fingerprint density at radius 3 is 2.38 bits per heavy atom. The van der Waals surface area contributed by atoms with Crippen LogP contribution < -0.4 is 5.73 Å². The molecule has 3 N–H and O–H groups in total. The highest BCUT2D eigenvalue weighted by atomic mass is 16.4. The monoisotopic (exact) mass is 182 g/mol. The molecule has 0 amide bonds. The van der Waals surface area contributed by atoms with Crippen molar-refractivity contribution in [2.45, 2.75) is 39.7 Å². The van der Waals surface area contributed by atoms with Gasteiger partial charge in [-0.05, 0) is 24.2 Å². The standard InChI is InChI=1S/C10H18N2O/c1-9(2)6-4-5-10(9,3)8(12-13)7(6)11/h6-7,13H,4-5,11H2,1-3H3/b12-8-/t6-,7-,10-/m1/s1. The van der Waals surface area contributed by atoms with E-state index in [0.717, 1.165) is 12.1 Å². The van der Waals surface area contributed by atoms with E-state index in [4.69, 9.17) is 10.9 Å². The Hall–Kier alpha value is -0.570. The molecule has 0 spiro atoms. The predicted octanol–water partition coefficient (Wildman–Crippen LogP) is 1.60. The summed E-state index contributed by atoms with van der Waals surface area (Å²) in [5, 5.41) is 12.4. The van der Waals surface area contributed by atoms with Gasteiger partial charge in [-0.1, -0.05) is 25.9 Å². The lowest BCUT2D eigenvalue weighted by Gasteiger charge is -2.33. The number of nitrogens with two attached hydrogens (primary N) is 1. The zero-order valence-corrected chi connectivity index (χ0v) is 8.54. The highest BCUT2D eigenvalue weighted by Gasteiger charge is 2.64. The van der Waals surface area contributed by atoms with Crippen molar-refractivity contribution < 1.29 is 5.21 Å². The Bertz CT molecular complexity index is 272. The van der Waals surface area contributed by atoms with E-state index < -0.39 is 0 Å². The van der Waals surface area contributed by atoms with Crippen LogP contribution in [-0.4, -0.2) is 17.0 Å². The van der Waals surface area contributed by atoms with Gasteiger partial charge in [0.1, 0.15) is 0 Å². The Morgan fingerprint density at radius 2 is 2.08 bits per heavy atom. The lowest BCUT2D eigenvalue weighted by molar-refractivity contribution is 0.186. The molecule has 0 aliphatic heterocycles. The summed E-state index contributed by atoms with van der Waals surface area (Å²) in [6.45, 7) is 6.65. The fourth-order valence-corrected chi connectivity index (χ4v) is 3.36. The molecule has 0 aromatic rings. The van der Waals surface area contributed by atoms with Crippen LogP contribution in [0.2, 0.25) is 0 Å². The molecule has 0 aromatic carbocycles. The highest BCUT2D eigenvalue weighted by Crippen LogP contribution is 2.63. The maximum atomic E-state index is 8.96. The Kier molecular flexibility index (Phi) is 1.57. The van der Waals surface area contributed by atoms with Gasteiger partial charge in [0.2, 0.25) is 0 Å². The maximum absolute atomic E-state index is 8.96. The molecular formula is C10H18N2O. The van der Waals surface area contributed by atoms with Crippen LogP contribution >= 0.6 is 0 Å². The van der Waals surface area contributed by atoms with Gasteiger partial charge in [-0.3, -0.25) is 0 Å². The molecule has 0 aromatic heterocycles. The number of rotatable bonds is 0. The minimum Gasteiger partial charge on any atom is -0.411 e. The summed E-state index contributed by atoms with van der Waals surface area (Å²) >= 11 is 0. The van der Waals surface area contributed by atoms with Crippen molar-refractivity contribution >= 4 is 5.71 Å². The summed E-state index contributed by atoms with van der Waals surface area (Å²) < 4.78 is 0. The quantitative estimate of drug-likeness (QED) is 0.441. The molecule has 74 valence electrons.